The second-order valence-electron chi connectivity index (χ2n) is 4.06. The molecular formula is C13H17N3O2. The molecule has 5 nitrogen and oxygen atoms in total. The van der Waals surface area contributed by atoms with E-state index >= 15 is 0 Å². The Morgan fingerprint density at radius 2 is 2.33 bits per heavy atom. The summed E-state index contributed by atoms with van der Waals surface area (Å²) in [5, 5.41) is 8.63. The normalized spacial score (nSPS) is 9.94. The van der Waals surface area contributed by atoms with E-state index in [1.807, 2.05) is 19.9 Å². The Bertz CT molecular complexity index is 452. The van der Waals surface area contributed by atoms with E-state index < -0.39 is 0 Å². The number of pyridine rings is 1. The molecule has 18 heavy (non-hydrogen) atoms. The molecule has 0 bridgehead atoms. The second kappa shape index (κ2) is 6.60. The molecule has 96 valence electrons. The fourth-order valence-corrected chi connectivity index (χ4v) is 1.64. The van der Waals surface area contributed by atoms with Crippen LogP contribution in [0, 0.1) is 11.3 Å². The van der Waals surface area contributed by atoms with Crippen LogP contribution in [0.5, 0.6) is 5.88 Å². The molecule has 1 amide bonds. The predicted molar refractivity (Wildman–Crippen MR) is 67.2 cm³/mol. The van der Waals surface area contributed by atoms with Gasteiger partial charge < -0.3 is 9.64 Å². The van der Waals surface area contributed by atoms with Crippen LogP contribution in [0.4, 0.5) is 0 Å². The van der Waals surface area contributed by atoms with Crippen LogP contribution < -0.4 is 4.74 Å². The third kappa shape index (κ3) is 3.20. The second-order valence-corrected chi connectivity index (χ2v) is 4.06. The average Bonchev–Trinajstić information content (AvgIpc) is 2.38. The van der Waals surface area contributed by atoms with E-state index in [0.717, 1.165) is 0 Å². The number of methoxy groups -OCH3 is 1. The lowest BCUT2D eigenvalue weighted by molar-refractivity contribution is 0.0706. The van der Waals surface area contributed by atoms with Crippen molar-refractivity contribution in [3.8, 4) is 11.9 Å². The molecule has 0 spiro atoms. The summed E-state index contributed by atoms with van der Waals surface area (Å²) in [4.78, 5) is 18.0. The van der Waals surface area contributed by atoms with E-state index in [4.69, 9.17) is 10.00 Å². The Morgan fingerprint density at radius 3 is 2.89 bits per heavy atom. The van der Waals surface area contributed by atoms with Crippen LogP contribution in [0.3, 0.4) is 0 Å². The minimum Gasteiger partial charge on any atom is -0.480 e. The molecule has 0 aromatic carbocycles. The van der Waals surface area contributed by atoms with Crippen molar-refractivity contribution in [3.05, 3.63) is 23.9 Å². The topological polar surface area (TPSA) is 66.2 Å². The summed E-state index contributed by atoms with van der Waals surface area (Å²) in [7, 11) is 1.48. The zero-order chi connectivity index (χ0) is 13.5. The summed E-state index contributed by atoms with van der Waals surface area (Å²) < 4.78 is 5.08. The lowest BCUT2D eigenvalue weighted by Crippen LogP contribution is -2.37. The minimum absolute atomic E-state index is 0.0239. The number of nitriles is 1. The quantitative estimate of drug-likeness (QED) is 0.796. The van der Waals surface area contributed by atoms with E-state index in [-0.39, 0.29) is 11.9 Å². The molecule has 1 rings (SSSR count). The maximum Gasteiger partial charge on any atom is 0.259 e. The molecule has 5 heteroatoms. The van der Waals surface area contributed by atoms with Gasteiger partial charge in [0.1, 0.15) is 5.56 Å². The highest BCUT2D eigenvalue weighted by atomic mass is 16.5. The van der Waals surface area contributed by atoms with Crippen LogP contribution in [0.1, 0.15) is 30.6 Å². The van der Waals surface area contributed by atoms with Crippen molar-refractivity contribution >= 4 is 5.91 Å². The molecule has 0 saturated heterocycles. The number of carbonyl (C=O) groups is 1. The molecule has 0 unspecified atom stereocenters. The van der Waals surface area contributed by atoms with Crippen molar-refractivity contribution in [2.45, 2.75) is 26.3 Å². The summed E-state index contributed by atoms with van der Waals surface area (Å²) in [5.74, 6) is 0.148. The van der Waals surface area contributed by atoms with E-state index in [0.29, 0.717) is 24.4 Å². The van der Waals surface area contributed by atoms with Crippen LogP contribution >= 0.6 is 0 Å². The van der Waals surface area contributed by atoms with Crippen molar-refractivity contribution in [2.75, 3.05) is 13.7 Å². The van der Waals surface area contributed by atoms with Crippen LogP contribution in [-0.4, -0.2) is 35.5 Å². The van der Waals surface area contributed by atoms with Crippen molar-refractivity contribution in [3.63, 3.8) is 0 Å². The first-order chi connectivity index (χ1) is 8.61. The van der Waals surface area contributed by atoms with Crippen LogP contribution in [0.2, 0.25) is 0 Å². The minimum atomic E-state index is -0.162. The fourth-order valence-electron chi connectivity index (χ4n) is 1.64. The monoisotopic (exact) mass is 247 g/mol. The van der Waals surface area contributed by atoms with Gasteiger partial charge in [-0.1, -0.05) is 0 Å². The molecule has 0 fully saturated rings. The Hall–Kier alpha value is -2.09. The van der Waals surface area contributed by atoms with E-state index in [1.54, 1.807) is 23.2 Å². The van der Waals surface area contributed by atoms with Gasteiger partial charge in [0.25, 0.3) is 5.91 Å². The Morgan fingerprint density at radius 1 is 1.61 bits per heavy atom. The van der Waals surface area contributed by atoms with Gasteiger partial charge in [-0.15, -0.1) is 0 Å². The van der Waals surface area contributed by atoms with Gasteiger partial charge in [-0.3, -0.25) is 4.79 Å². The molecule has 0 aliphatic heterocycles. The number of hydrogen-bond acceptors (Lipinski definition) is 4. The number of carbonyl (C=O) groups excluding carboxylic acids is 1. The predicted octanol–water partition coefficient (Wildman–Crippen LogP) is 1.85. The van der Waals surface area contributed by atoms with E-state index in [9.17, 15) is 4.79 Å². The number of aromatic nitrogens is 1. The van der Waals surface area contributed by atoms with Gasteiger partial charge in [-0.25, -0.2) is 4.98 Å². The van der Waals surface area contributed by atoms with Gasteiger partial charge >= 0.3 is 0 Å². The fraction of sp³-hybridized carbons (Fsp3) is 0.462. The zero-order valence-electron chi connectivity index (χ0n) is 10.9. The third-order valence-electron chi connectivity index (χ3n) is 2.54. The van der Waals surface area contributed by atoms with E-state index in [1.165, 1.54) is 7.11 Å². The standard InChI is InChI=1S/C13H17N3O2/c1-10(2)16(9-5-7-14)13(17)11-6-4-8-15-12(11)18-3/h4,6,8,10H,5,9H2,1-3H3. The highest BCUT2D eigenvalue weighted by Crippen LogP contribution is 2.17. The Labute approximate surface area is 107 Å². The van der Waals surface area contributed by atoms with Gasteiger partial charge in [0.2, 0.25) is 5.88 Å². The molecular weight excluding hydrogens is 230 g/mol. The number of amides is 1. The van der Waals surface area contributed by atoms with Gasteiger partial charge in [0, 0.05) is 18.8 Å². The summed E-state index contributed by atoms with van der Waals surface area (Å²) in [6, 6.07) is 5.44. The number of nitrogens with zero attached hydrogens (tertiary/aromatic N) is 3. The van der Waals surface area contributed by atoms with Gasteiger partial charge in [-0.05, 0) is 26.0 Å². The van der Waals surface area contributed by atoms with Crippen molar-refractivity contribution in [1.82, 2.24) is 9.88 Å². The molecule has 0 aliphatic carbocycles. The maximum absolute atomic E-state index is 12.4. The highest BCUT2D eigenvalue weighted by molar-refractivity contribution is 5.96. The average molecular weight is 247 g/mol. The first-order valence-corrected chi connectivity index (χ1v) is 5.78. The molecule has 1 aromatic heterocycles. The third-order valence-corrected chi connectivity index (χ3v) is 2.54. The molecule has 0 radical (unpaired) electrons. The maximum atomic E-state index is 12.4. The van der Waals surface area contributed by atoms with E-state index in [2.05, 4.69) is 4.98 Å². The highest BCUT2D eigenvalue weighted by Gasteiger charge is 2.21. The zero-order valence-corrected chi connectivity index (χ0v) is 10.9. The van der Waals surface area contributed by atoms with Crippen LogP contribution in [0.15, 0.2) is 18.3 Å². The Kier molecular flexibility index (Phi) is 5.12. The molecule has 1 aromatic rings. The lowest BCUT2D eigenvalue weighted by Gasteiger charge is -2.26. The van der Waals surface area contributed by atoms with Gasteiger partial charge in [-0.2, -0.15) is 5.26 Å². The van der Waals surface area contributed by atoms with Crippen molar-refractivity contribution < 1.29 is 9.53 Å². The van der Waals surface area contributed by atoms with Crippen LogP contribution in [-0.2, 0) is 0 Å². The molecule has 1 heterocycles. The SMILES string of the molecule is COc1ncccc1C(=O)N(CCC#N)C(C)C. The Balaban J connectivity index is 2.99. The number of hydrogen-bond donors (Lipinski definition) is 0. The smallest absolute Gasteiger partial charge is 0.259 e. The lowest BCUT2D eigenvalue weighted by atomic mass is 10.2. The largest absolute Gasteiger partial charge is 0.480 e. The van der Waals surface area contributed by atoms with Gasteiger partial charge in [0.05, 0.1) is 19.6 Å². The summed E-state index contributed by atoms with van der Waals surface area (Å²) in [6.07, 6.45) is 1.89. The van der Waals surface area contributed by atoms with Crippen molar-refractivity contribution in [2.24, 2.45) is 0 Å². The first-order valence-electron chi connectivity index (χ1n) is 5.78. The van der Waals surface area contributed by atoms with Gasteiger partial charge in [0.15, 0.2) is 0 Å². The molecule has 0 saturated carbocycles. The number of ether oxygens (including phenoxy) is 1. The molecule has 0 N–H and O–H groups in total. The van der Waals surface area contributed by atoms with Crippen LogP contribution in [0.25, 0.3) is 0 Å². The first kappa shape index (κ1) is 14.0. The molecule has 0 atom stereocenters. The summed E-state index contributed by atoms with van der Waals surface area (Å²) in [6.45, 7) is 4.24. The molecule has 0 aliphatic rings. The number of rotatable bonds is 5. The summed E-state index contributed by atoms with van der Waals surface area (Å²) >= 11 is 0. The summed E-state index contributed by atoms with van der Waals surface area (Å²) in [5.41, 5.74) is 0.423. The van der Waals surface area contributed by atoms with Crippen molar-refractivity contribution in [1.29, 1.82) is 5.26 Å².